The Hall–Kier alpha value is 0.510. The highest BCUT2D eigenvalue weighted by Crippen LogP contribution is 2.15. The standard InChI is InChI=1S/C30H62N2OS.HI/c1-5-8-9-10-11-12-14-17-20-23-28-34-29-24-21-18-15-13-16-19-22-25-30(33)31-26-27-32(4,6-2)7-3;/h5-29H2,1-4H3;1H. The van der Waals surface area contributed by atoms with Crippen LogP contribution < -0.4 is 29.3 Å². The molecule has 0 saturated heterocycles. The zero-order valence-corrected chi connectivity index (χ0v) is 27.3. The molecule has 0 bridgehead atoms. The molecule has 0 aromatic carbocycles. The largest absolute Gasteiger partial charge is 1.00 e. The summed E-state index contributed by atoms with van der Waals surface area (Å²) in [5.41, 5.74) is 0. The molecule has 0 rings (SSSR count). The summed E-state index contributed by atoms with van der Waals surface area (Å²) in [5.74, 6) is 2.98. The van der Waals surface area contributed by atoms with Crippen molar-refractivity contribution in [1.82, 2.24) is 5.32 Å². The van der Waals surface area contributed by atoms with Crippen molar-refractivity contribution in [2.45, 2.75) is 143 Å². The average molecular weight is 627 g/mol. The molecule has 0 atom stereocenters. The Kier molecular flexibility index (Phi) is 31.3. The van der Waals surface area contributed by atoms with Crippen LogP contribution in [0.5, 0.6) is 0 Å². The van der Waals surface area contributed by atoms with Crippen molar-refractivity contribution in [2.75, 3.05) is 44.7 Å². The fraction of sp³-hybridized carbons (Fsp3) is 0.967. The molecule has 0 spiro atoms. The van der Waals surface area contributed by atoms with Gasteiger partial charge < -0.3 is 33.8 Å². The van der Waals surface area contributed by atoms with E-state index in [-0.39, 0.29) is 29.9 Å². The summed E-state index contributed by atoms with van der Waals surface area (Å²) < 4.78 is 1.04. The lowest BCUT2D eigenvalue weighted by Crippen LogP contribution is -3.00. The van der Waals surface area contributed by atoms with E-state index >= 15 is 0 Å². The van der Waals surface area contributed by atoms with E-state index in [0.29, 0.717) is 6.42 Å². The van der Waals surface area contributed by atoms with Gasteiger partial charge in [-0.2, -0.15) is 11.8 Å². The lowest BCUT2D eigenvalue weighted by Gasteiger charge is -2.32. The molecule has 0 aromatic heterocycles. The van der Waals surface area contributed by atoms with E-state index in [9.17, 15) is 4.79 Å². The van der Waals surface area contributed by atoms with Gasteiger partial charge in [0.05, 0.1) is 33.2 Å². The molecule has 0 heterocycles. The predicted octanol–water partition coefficient (Wildman–Crippen LogP) is 5.76. The van der Waals surface area contributed by atoms with Crippen molar-refractivity contribution in [3.8, 4) is 0 Å². The first-order chi connectivity index (χ1) is 16.6. The second-order valence-corrected chi connectivity index (χ2v) is 11.9. The predicted molar refractivity (Wildman–Crippen MR) is 156 cm³/mol. The van der Waals surface area contributed by atoms with Crippen LogP contribution in [0.2, 0.25) is 0 Å². The highest BCUT2D eigenvalue weighted by atomic mass is 127. The molecule has 35 heavy (non-hydrogen) atoms. The van der Waals surface area contributed by atoms with Crippen molar-refractivity contribution in [2.24, 2.45) is 0 Å². The third-order valence-corrected chi connectivity index (χ3v) is 8.74. The topological polar surface area (TPSA) is 29.1 Å². The van der Waals surface area contributed by atoms with E-state index in [1.807, 2.05) is 0 Å². The van der Waals surface area contributed by atoms with Gasteiger partial charge in [-0.1, -0.05) is 103 Å². The minimum atomic E-state index is 0. The van der Waals surface area contributed by atoms with E-state index in [4.69, 9.17) is 0 Å². The number of carbonyl (C=O) groups excluding carboxylic acids is 1. The molecule has 212 valence electrons. The number of hydrogen-bond acceptors (Lipinski definition) is 2. The van der Waals surface area contributed by atoms with Gasteiger partial charge in [0.25, 0.3) is 0 Å². The van der Waals surface area contributed by atoms with Gasteiger partial charge >= 0.3 is 0 Å². The summed E-state index contributed by atoms with van der Waals surface area (Å²) in [6.45, 7) is 10.9. The van der Waals surface area contributed by atoms with Crippen molar-refractivity contribution in [1.29, 1.82) is 0 Å². The van der Waals surface area contributed by atoms with Gasteiger partial charge in [-0.15, -0.1) is 0 Å². The number of quaternary nitrogens is 1. The van der Waals surface area contributed by atoms with Crippen LogP contribution in [-0.2, 0) is 4.79 Å². The average Bonchev–Trinajstić information content (AvgIpc) is 2.84. The Morgan fingerprint density at radius 2 is 1.03 bits per heavy atom. The van der Waals surface area contributed by atoms with Gasteiger partial charge in [0.15, 0.2) is 0 Å². The van der Waals surface area contributed by atoms with Crippen LogP contribution in [0.1, 0.15) is 143 Å². The van der Waals surface area contributed by atoms with Crippen molar-refractivity contribution in [3.63, 3.8) is 0 Å². The van der Waals surface area contributed by atoms with Crippen LogP contribution >= 0.6 is 11.8 Å². The first-order valence-electron chi connectivity index (χ1n) is 15.3. The van der Waals surface area contributed by atoms with Crippen LogP contribution in [0.15, 0.2) is 0 Å². The maximum absolute atomic E-state index is 12.0. The number of hydrogen-bond donors (Lipinski definition) is 1. The van der Waals surface area contributed by atoms with Gasteiger partial charge in [-0.25, -0.2) is 0 Å². The molecule has 0 aliphatic heterocycles. The van der Waals surface area contributed by atoms with Gasteiger partial charge in [0.1, 0.15) is 0 Å². The molecule has 5 heteroatoms. The Morgan fingerprint density at radius 1 is 0.629 bits per heavy atom. The van der Waals surface area contributed by atoms with Crippen molar-refractivity contribution in [3.05, 3.63) is 0 Å². The SMILES string of the molecule is CCCCCCCCCCCCSCCCCCCCCCCC(=O)NCC[N+](C)(CC)CC.[I-]. The Bertz CT molecular complexity index is 433. The lowest BCUT2D eigenvalue weighted by molar-refractivity contribution is -0.904. The first-order valence-corrected chi connectivity index (χ1v) is 16.4. The van der Waals surface area contributed by atoms with Gasteiger partial charge in [-0.05, 0) is 44.6 Å². The summed E-state index contributed by atoms with van der Waals surface area (Å²) in [7, 11) is 2.27. The number of nitrogens with zero attached hydrogens (tertiary/aromatic N) is 1. The minimum absolute atomic E-state index is 0. The number of halogens is 1. The molecule has 1 N–H and O–H groups in total. The van der Waals surface area contributed by atoms with Crippen LogP contribution in [-0.4, -0.2) is 55.1 Å². The fourth-order valence-electron chi connectivity index (χ4n) is 4.44. The second kappa shape index (κ2) is 29.1. The molecule has 3 nitrogen and oxygen atoms in total. The molecule has 0 aromatic rings. The number of nitrogens with one attached hydrogen (secondary N) is 1. The van der Waals surface area contributed by atoms with Crippen LogP contribution in [0, 0.1) is 0 Å². The summed E-state index contributed by atoms with van der Waals surface area (Å²) in [6.07, 6.45) is 25.6. The zero-order chi connectivity index (χ0) is 25.2. The van der Waals surface area contributed by atoms with Crippen molar-refractivity contribution < 1.29 is 33.3 Å². The molecule has 0 unspecified atom stereocenters. The normalized spacial score (nSPS) is 11.4. The van der Waals surface area contributed by atoms with Gasteiger partial charge in [0.2, 0.25) is 5.91 Å². The van der Waals surface area contributed by atoms with Gasteiger partial charge in [0, 0.05) is 6.42 Å². The zero-order valence-electron chi connectivity index (χ0n) is 24.3. The first kappa shape index (κ1) is 37.7. The Labute approximate surface area is 242 Å². The molecule has 0 aliphatic carbocycles. The maximum Gasteiger partial charge on any atom is 0.220 e. The molecule has 0 fully saturated rings. The number of thioether (sulfide) groups is 1. The van der Waals surface area contributed by atoms with Crippen LogP contribution in [0.3, 0.4) is 0 Å². The summed E-state index contributed by atoms with van der Waals surface area (Å²) >= 11 is 2.18. The summed E-state index contributed by atoms with van der Waals surface area (Å²) in [5, 5.41) is 3.11. The Balaban J connectivity index is 0. The van der Waals surface area contributed by atoms with Crippen molar-refractivity contribution >= 4 is 17.7 Å². The number of carbonyl (C=O) groups is 1. The third kappa shape index (κ3) is 27.4. The number of likely N-dealkylation sites (N-methyl/N-ethyl adjacent to an activating group) is 1. The number of amides is 1. The monoisotopic (exact) mass is 626 g/mol. The molecular weight excluding hydrogens is 563 g/mol. The second-order valence-electron chi connectivity index (χ2n) is 10.7. The van der Waals surface area contributed by atoms with E-state index < -0.39 is 0 Å². The Morgan fingerprint density at radius 3 is 1.46 bits per heavy atom. The maximum atomic E-state index is 12.0. The third-order valence-electron chi connectivity index (χ3n) is 7.59. The van der Waals surface area contributed by atoms with E-state index in [2.05, 4.69) is 44.9 Å². The quantitative estimate of drug-likeness (QED) is 0.0714. The van der Waals surface area contributed by atoms with E-state index in [0.717, 1.165) is 37.1 Å². The highest BCUT2D eigenvalue weighted by molar-refractivity contribution is 7.99. The van der Waals surface area contributed by atoms with E-state index in [1.54, 1.807) is 0 Å². The highest BCUT2D eigenvalue weighted by Gasteiger charge is 2.15. The van der Waals surface area contributed by atoms with Crippen LogP contribution in [0.4, 0.5) is 0 Å². The smallest absolute Gasteiger partial charge is 0.220 e. The summed E-state index contributed by atoms with van der Waals surface area (Å²) in [6, 6.07) is 0. The minimum Gasteiger partial charge on any atom is -1.00 e. The fourth-order valence-corrected chi connectivity index (χ4v) is 5.46. The van der Waals surface area contributed by atoms with Crippen LogP contribution in [0.25, 0.3) is 0 Å². The lowest BCUT2D eigenvalue weighted by atomic mass is 10.1. The summed E-state index contributed by atoms with van der Waals surface area (Å²) in [4.78, 5) is 12.0. The van der Waals surface area contributed by atoms with E-state index in [1.165, 1.54) is 121 Å². The molecular formula is C30H63IN2OS. The number of rotatable bonds is 27. The molecule has 0 saturated carbocycles. The molecule has 0 radical (unpaired) electrons. The molecule has 0 aliphatic rings. The molecule has 1 amide bonds. The number of unbranched alkanes of at least 4 members (excludes halogenated alkanes) is 16. The van der Waals surface area contributed by atoms with Gasteiger partial charge in [-0.3, -0.25) is 4.79 Å².